The van der Waals surface area contributed by atoms with Gasteiger partial charge in [-0.3, -0.25) is 9.69 Å². The summed E-state index contributed by atoms with van der Waals surface area (Å²) >= 11 is 5.63. The number of amides is 3. The second-order valence-electron chi connectivity index (χ2n) is 4.15. The largest absolute Gasteiger partial charge is 0.369 e. The van der Waals surface area contributed by atoms with Crippen LogP contribution in [0.2, 0.25) is 0 Å². The average molecular weight is 271 g/mol. The molecule has 2 aliphatic heterocycles. The summed E-state index contributed by atoms with van der Waals surface area (Å²) in [5.41, 5.74) is 6.81. The van der Waals surface area contributed by atoms with Crippen LogP contribution in [0.1, 0.15) is 0 Å². The summed E-state index contributed by atoms with van der Waals surface area (Å²) in [5, 5.41) is 5.85. The lowest BCUT2D eigenvalue weighted by atomic mass is 9.96. The Morgan fingerprint density at radius 2 is 2.39 bits per heavy atom. The van der Waals surface area contributed by atoms with Gasteiger partial charge in [-0.15, -0.1) is 11.6 Å². The molecule has 2 aliphatic rings. The topological polar surface area (TPSA) is 87.5 Å². The zero-order valence-electron chi connectivity index (χ0n) is 9.78. The Balaban J connectivity index is 2.26. The number of halogens is 1. The van der Waals surface area contributed by atoms with Gasteiger partial charge >= 0.3 is 6.03 Å². The number of carbonyl (C=O) groups is 2. The van der Waals surface area contributed by atoms with Gasteiger partial charge in [0.25, 0.3) is 0 Å². The Morgan fingerprint density at radius 1 is 1.61 bits per heavy atom. The summed E-state index contributed by atoms with van der Waals surface area (Å²) < 4.78 is 0. The van der Waals surface area contributed by atoms with Crippen LogP contribution in [0.3, 0.4) is 0 Å². The van der Waals surface area contributed by atoms with Crippen LogP contribution in [0.5, 0.6) is 0 Å². The van der Waals surface area contributed by atoms with Crippen molar-refractivity contribution in [2.24, 2.45) is 11.7 Å². The molecule has 0 radical (unpaired) electrons. The molecule has 0 aromatic carbocycles. The van der Waals surface area contributed by atoms with Crippen LogP contribution in [0, 0.1) is 5.92 Å². The number of nitrogens with one attached hydrogen (secondary N) is 2. The molecule has 0 saturated carbocycles. The highest BCUT2D eigenvalue weighted by molar-refractivity contribution is 6.18. The van der Waals surface area contributed by atoms with Crippen molar-refractivity contribution in [2.75, 3.05) is 25.5 Å². The molecular formula is C11H15ClN4O2. The summed E-state index contributed by atoms with van der Waals surface area (Å²) in [6.45, 7) is 1.46. The molecule has 4 N–H and O–H groups in total. The Kier molecular flexibility index (Phi) is 3.88. The van der Waals surface area contributed by atoms with Crippen molar-refractivity contribution in [3.05, 3.63) is 23.5 Å². The fraction of sp³-hybridized carbons (Fsp3) is 0.455. The van der Waals surface area contributed by atoms with Crippen LogP contribution in [0.15, 0.2) is 23.5 Å². The third-order valence-electron chi connectivity index (χ3n) is 2.99. The second-order valence-corrected chi connectivity index (χ2v) is 4.53. The lowest BCUT2D eigenvalue weighted by molar-refractivity contribution is -0.120. The van der Waals surface area contributed by atoms with Crippen LogP contribution in [0.4, 0.5) is 4.79 Å². The highest BCUT2D eigenvalue weighted by atomic mass is 35.5. The number of nitrogens with zero attached hydrogens (tertiary/aromatic N) is 1. The van der Waals surface area contributed by atoms with Crippen molar-refractivity contribution in [3.63, 3.8) is 0 Å². The molecule has 6 nitrogen and oxygen atoms in total. The summed E-state index contributed by atoms with van der Waals surface area (Å²) in [6, 6.07) is -0.287. The lowest BCUT2D eigenvalue weighted by Gasteiger charge is -2.26. The molecule has 1 atom stereocenters. The number of alkyl halides is 1. The molecule has 0 bridgehead atoms. The van der Waals surface area contributed by atoms with Gasteiger partial charge in [0.2, 0.25) is 5.91 Å². The minimum atomic E-state index is -0.502. The van der Waals surface area contributed by atoms with Crippen molar-refractivity contribution in [1.29, 1.82) is 0 Å². The molecule has 18 heavy (non-hydrogen) atoms. The minimum Gasteiger partial charge on any atom is -0.369 e. The van der Waals surface area contributed by atoms with E-state index in [1.165, 1.54) is 4.90 Å². The fourth-order valence-electron chi connectivity index (χ4n) is 2.03. The van der Waals surface area contributed by atoms with E-state index in [0.717, 1.165) is 5.57 Å². The lowest BCUT2D eigenvalue weighted by Crippen LogP contribution is -2.46. The van der Waals surface area contributed by atoms with E-state index in [1.807, 2.05) is 6.08 Å². The van der Waals surface area contributed by atoms with Gasteiger partial charge in [-0.05, 0) is 11.6 Å². The maximum Gasteiger partial charge on any atom is 0.325 e. The molecule has 2 rings (SSSR count). The minimum absolute atomic E-state index is 0.287. The Bertz CT molecular complexity index is 433. The Hall–Kier alpha value is -1.53. The van der Waals surface area contributed by atoms with Crippen molar-refractivity contribution in [2.45, 2.75) is 0 Å². The van der Waals surface area contributed by atoms with E-state index in [9.17, 15) is 9.59 Å². The van der Waals surface area contributed by atoms with E-state index in [4.69, 9.17) is 17.3 Å². The first-order chi connectivity index (χ1) is 8.63. The van der Waals surface area contributed by atoms with Crippen LogP contribution in [0.25, 0.3) is 0 Å². The predicted octanol–water partition coefficient (Wildman–Crippen LogP) is -0.277. The molecule has 0 fully saturated rings. The maximum absolute atomic E-state index is 11.9. The van der Waals surface area contributed by atoms with E-state index < -0.39 is 11.8 Å². The smallest absolute Gasteiger partial charge is 0.325 e. The van der Waals surface area contributed by atoms with Gasteiger partial charge in [-0.25, -0.2) is 4.79 Å². The van der Waals surface area contributed by atoms with Crippen LogP contribution in [-0.4, -0.2) is 42.4 Å². The van der Waals surface area contributed by atoms with Gasteiger partial charge in [0.05, 0.1) is 5.92 Å². The first-order valence-corrected chi connectivity index (χ1v) is 6.22. The summed E-state index contributed by atoms with van der Waals surface area (Å²) in [5.74, 6) is -0.604. The quantitative estimate of drug-likeness (QED) is 0.617. The van der Waals surface area contributed by atoms with Gasteiger partial charge in [0, 0.05) is 37.4 Å². The summed E-state index contributed by atoms with van der Waals surface area (Å²) in [6.07, 6.45) is 3.48. The van der Waals surface area contributed by atoms with Crippen LogP contribution >= 0.6 is 11.6 Å². The number of hydrogen-bond donors (Lipinski definition) is 3. The molecule has 1 unspecified atom stereocenters. The van der Waals surface area contributed by atoms with Crippen molar-refractivity contribution < 1.29 is 9.59 Å². The Labute approximate surface area is 110 Å². The number of primary amides is 1. The van der Waals surface area contributed by atoms with Crippen LogP contribution < -0.4 is 16.4 Å². The van der Waals surface area contributed by atoms with Crippen molar-refractivity contribution in [3.8, 4) is 0 Å². The SMILES string of the molecule is NC(=O)C1CNCC2=C1NC(=O)N(CCCl)C=C2. The average Bonchev–Trinajstić information content (AvgIpc) is 2.49. The molecular weight excluding hydrogens is 256 g/mol. The first-order valence-electron chi connectivity index (χ1n) is 5.68. The number of carbonyl (C=O) groups excluding carboxylic acids is 2. The van der Waals surface area contributed by atoms with Gasteiger partial charge in [-0.2, -0.15) is 0 Å². The number of rotatable bonds is 3. The number of urea groups is 1. The molecule has 7 heteroatoms. The maximum atomic E-state index is 11.9. The van der Waals surface area contributed by atoms with Gasteiger partial charge < -0.3 is 16.4 Å². The normalized spacial score (nSPS) is 23.5. The predicted molar refractivity (Wildman–Crippen MR) is 67.7 cm³/mol. The molecule has 0 spiro atoms. The van der Waals surface area contributed by atoms with Crippen LogP contribution in [-0.2, 0) is 4.79 Å². The third-order valence-corrected chi connectivity index (χ3v) is 3.15. The molecule has 0 saturated heterocycles. The standard InChI is InChI=1S/C11H15ClN4O2/c12-2-4-16-3-1-7-5-14-6-8(10(13)17)9(7)15-11(16)18/h1,3,8,14H,2,4-6H2,(H2,13,17)(H,15,18). The second kappa shape index (κ2) is 5.41. The molecule has 0 aromatic heterocycles. The monoisotopic (exact) mass is 270 g/mol. The third kappa shape index (κ3) is 2.49. The molecule has 0 aromatic rings. The van der Waals surface area contributed by atoms with Gasteiger partial charge in [0.1, 0.15) is 0 Å². The van der Waals surface area contributed by atoms with E-state index in [0.29, 0.717) is 31.2 Å². The molecule has 98 valence electrons. The highest BCUT2D eigenvalue weighted by Gasteiger charge is 2.30. The molecule has 0 aliphatic carbocycles. The zero-order valence-corrected chi connectivity index (χ0v) is 10.5. The number of hydrogen-bond acceptors (Lipinski definition) is 3. The number of nitrogens with two attached hydrogens (primary N) is 1. The summed E-state index contributed by atoms with van der Waals surface area (Å²) in [7, 11) is 0. The highest BCUT2D eigenvalue weighted by Crippen LogP contribution is 2.20. The Morgan fingerprint density at radius 3 is 3.06 bits per heavy atom. The van der Waals surface area contributed by atoms with Gasteiger partial charge in [-0.1, -0.05) is 0 Å². The first kappa shape index (κ1) is 12.9. The van der Waals surface area contributed by atoms with E-state index in [2.05, 4.69) is 10.6 Å². The fourth-order valence-corrected chi connectivity index (χ4v) is 2.22. The summed E-state index contributed by atoms with van der Waals surface area (Å²) in [4.78, 5) is 24.8. The molecule has 3 amide bonds. The molecule has 2 heterocycles. The van der Waals surface area contributed by atoms with Gasteiger partial charge in [0.15, 0.2) is 0 Å². The van der Waals surface area contributed by atoms with Crippen molar-refractivity contribution in [1.82, 2.24) is 15.5 Å². The van der Waals surface area contributed by atoms with Crippen molar-refractivity contribution >= 4 is 23.5 Å². The zero-order chi connectivity index (χ0) is 13.1. The van der Waals surface area contributed by atoms with E-state index in [-0.39, 0.29) is 6.03 Å². The van der Waals surface area contributed by atoms with E-state index in [1.54, 1.807) is 6.20 Å². The van der Waals surface area contributed by atoms with E-state index >= 15 is 0 Å².